The van der Waals surface area contributed by atoms with E-state index in [2.05, 4.69) is 11.4 Å². The van der Waals surface area contributed by atoms with Crippen LogP contribution in [0.3, 0.4) is 0 Å². The number of carbonyl (C=O) groups excluding carboxylic acids is 2. The summed E-state index contributed by atoms with van der Waals surface area (Å²) >= 11 is 1.42. The first-order valence-electron chi connectivity index (χ1n) is 10.6. The monoisotopic (exact) mass is 465 g/mol. The highest BCUT2D eigenvalue weighted by molar-refractivity contribution is 7.12. The van der Waals surface area contributed by atoms with E-state index in [1.54, 1.807) is 21.6 Å². The topological polar surface area (TPSA) is 81.4 Å². The Labute approximate surface area is 195 Å². The minimum absolute atomic E-state index is 0.0200. The second-order valence-corrected chi connectivity index (χ2v) is 8.90. The molecule has 1 N–H and O–H groups in total. The number of piperazine rings is 1. The number of anilines is 1. The molecule has 2 aromatic heterocycles. The third kappa shape index (κ3) is 4.67. The molecule has 1 aliphatic heterocycles. The molecule has 0 bridgehead atoms. The van der Waals surface area contributed by atoms with Gasteiger partial charge in [0, 0.05) is 31.9 Å². The molecule has 1 saturated heterocycles. The Morgan fingerprint density at radius 2 is 1.91 bits per heavy atom. The van der Waals surface area contributed by atoms with Crippen LogP contribution in [0.4, 0.5) is 10.2 Å². The number of hydrogen-bond donors (Lipinski definition) is 1. The van der Waals surface area contributed by atoms with Gasteiger partial charge in [-0.15, -0.1) is 11.3 Å². The third-order valence-corrected chi connectivity index (χ3v) is 6.77. The van der Waals surface area contributed by atoms with Gasteiger partial charge in [-0.2, -0.15) is 5.26 Å². The number of nitrogens with zero attached hydrogens (tertiary/aromatic N) is 4. The fourth-order valence-electron chi connectivity index (χ4n) is 4.04. The number of benzene rings is 1. The molecule has 9 heteroatoms. The number of thiophene rings is 1. The molecule has 7 nitrogen and oxygen atoms in total. The van der Waals surface area contributed by atoms with E-state index in [9.17, 15) is 19.2 Å². The van der Waals surface area contributed by atoms with E-state index in [-0.39, 0.29) is 18.4 Å². The number of amides is 2. The average molecular weight is 466 g/mol. The van der Waals surface area contributed by atoms with Crippen molar-refractivity contribution in [2.75, 3.05) is 38.0 Å². The Morgan fingerprint density at radius 1 is 1.15 bits per heavy atom. The largest absolute Gasteiger partial charge is 0.335 e. The molecule has 0 radical (unpaired) electrons. The third-order valence-electron chi connectivity index (χ3n) is 5.91. The summed E-state index contributed by atoms with van der Waals surface area (Å²) in [5.74, 6) is -0.301. The van der Waals surface area contributed by atoms with Gasteiger partial charge in [0.05, 0.1) is 22.7 Å². The van der Waals surface area contributed by atoms with Crippen LogP contribution in [-0.4, -0.2) is 58.9 Å². The summed E-state index contributed by atoms with van der Waals surface area (Å²) in [5, 5.41) is 14.4. The summed E-state index contributed by atoms with van der Waals surface area (Å²) in [7, 11) is 0. The molecule has 33 heavy (non-hydrogen) atoms. The van der Waals surface area contributed by atoms with Gasteiger partial charge in [-0.25, -0.2) is 4.39 Å². The van der Waals surface area contributed by atoms with E-state index in [0.717, 1.165) is 11.3 Å². The smallest absolute Gasteiger partial charge is 0.264 e. The minimum atomic E-state index is -0.399. The number of nitrogens with one attached hydrogen (secondary N) is 1. The maximum Gasteiger partial charge on any atom is 0.264 e. The molecule has 3 heterocycles. The van der Waals surface area contributed by atoms with Crippen LogP contribution in [0.1, 0.15) is 26.5 Å². The van der Waals surface area contributed by atoms with Crippen molar-refractivity contribution >= 4 is 29.0 Å². The number of aromatic nitrogens is 1. The standard InChI is InChI=1S/C24H24FN5O2S/c1-16-17(2)30(19-6-3-5-18(25)13-19)23(20(16)14-26)27-22(31)15-28-8-10-29(11-9-28)24(32)21-7-4-12-33-21/h3-7,12-13H,8-11,15H2,1-2H3,(H,27,31). The highest BCUT2D eigenvalue weighted by atomic mass is 32.1. The lowest BCUT2D eigenvalue weighted by molar-refractivity contribution is -0.117. The Bertz CT molecular complexity index is 1220. The molecule has 0 spiro atoms. The zero-order valence-electron chi connectivity index (χ0n) is 18.5. The molecule has 0 atom stereocenters. The number of nitriles is 1. The molecule has 3 aromatic rings. The summed E-state index contributed by atoms with van der Waals surface area (Å²) < 4.78 is 15.6. The van der Waals surface area contributed by atoms with E-state index in [1.807, 2.05) is 36.3 Å². The second-order valence-electron chi connectivity index (χ2n) is 7.95. The Kier molecular flexibility index (Phi) is 6.58. The molecule has 1 aliphatic rings. The average Bonchev–Trinajstić information content (AvgIpc) is 3.41. The van der Waals surface area contributed by atoms with Gasteiger partial charge in [0.25, 0.3) is 5.91 Å². The summed E-state index contributed by atoms with van der Waals surface area (Å²) in [4.78, 5) is 29.9. The molecular weight excluding hydrogens is 441 g/mol. The molecule has 4 rings (SSSR count). The van der Waals surface area contributed by atoms with Gasteiger partial charge in [-0.05, 0) is 49.1 Å². The van der Waals surface area contributed by atoms with Crippen LogP contribution >= 0.6 is 11.3 Å². The summed E-state index contributed by atoms with van der Waals surface area (Å²) in [6.07, 6.45) is 0. The van der Waals surface area contributed by atoms with Gasteiger partial charge in [0.2, 0.25) is 5.91 Å². The highest BCUT2D eigenvalue weighted by Crippen LogP contribution is 2.30. The van der Waals surface area contributed by atoms with Gasteiger partial charge in [0.1, 0.15) is 17.7 Å². The normalized spacial score (nSPS) is 14.2. The SMILES string of the molecule is Cc1c(C#N)c(NC(=O)CN2CCN(C(=O)c3cccs3)CC2)n(-c2cccc(F)c2)c1C. The van der Waals surface area contributed by atoms with Gasteiger partial charge in [0.15, 0.2) is 0 Å². The maximum atomic E-state index is 13.9. The fourth-order valence-corrected chi connectivity index (χ4v) is 4.73. The lowest BCUT2D eigenvalue weighted by Gasteiger charge is -2.34. The van der Waals surface area contributed by atoms with E-state index in [0.29, 0.717) is 48.1 Å². The van der Waals surface area contributed by atoms with E-state index < -0.39 is 5.82 Å². The van der Waals surface area contributed by atoms with Crippen LogP contribution in [0, 0.1) is 31.0 Å². The van der Waals surface area contributed by atoms with Crippen molar-refractivity contribution in [3.8, 4) is 11.8 Å². The van der Waals surface area contributed by atoms with Crippen molar-refractivity contribution in [2.45, 2.75) is 13.8 Å². The van der Waals surface area contributed by atoms with Crippen LogP contribution in [0.25, 0.3) is 5.69 Å². The molecular formula is C24H24FN5O2S. The van der Waals surface area contributed by atoms with Gasteiger partial charge in [-0.3, -0.25) is 19.1 Å². The summed E-state index contributed by atoms with van der Waals surface area (Å²) in [6.45, 7) is 6.04. The zero-order valence-corrected chi connectivity index (χ0v) is 19.3. The number of hydrogen-bond acceptors (Lipinski definition) is 5. The summed E-state index contributed by atoms with van der Waals surface area (Å²) in [5.41, 5.74) is 2.38. The number of carbonyl (C=O) groups is 2. The fraction of sp³-hybridized carbons (Fsp3) is 0.292. The molecule has 2 amide bonds. The predicted octanol–water partition coefficient (Wildman–Crippen LogP) is 3.56. The van der Waals surface area contributed by atoms with E-state index in [4.69, 9.17) is 0 Å². The van der Waals surface area contributed by atoms with Gasteiger partial charge in [-0.1, -0.05) is 12.1 Å². The maximum absolute atomic E-state index is 13.9. The first-order chi connectivity index (χ1) is 15.9. The second kappa shape index (κ2) is 9.57. The van der Waals surface area contributed by atoms with E-state index >= 15 is 0 Å². The number of halogens is 1. The Morgan fingerprint density at radius 3 is 2.55 bits per heavy atom. The van der Waals surface area contributed by atoms with Crippen LogP contribution in [0.5, 0.6) is 0 Å². The first-order valence-corrected chi connectivity index (χ1v) is 11.5. The Hall–Kier alpha value is -3.48. The van der Waals surface area contributed by atoms with Crippen LogP contribution < -0.4 is 5.32 Å². The van der Waals surface area contributed by atoms with Crippen molar-refractivity contribution in [1.29, 1.82) is 5.26 Å². The van der Waals surface area contributed by atoms with Crippen molar-refractivity contribution < 1.29 is 14.0 Å². The molecule has 0 aliphatic carbocycles. The highest BCUT2D eigenvalue weighted by Gasteiger charge is 2.25. The van der Waals surface area contributed by atoms with Crippen molar-refractivity contribution in [3.63, 3.8) is 0 Å². The molecule has 1 fully saturated rings. The minimum Gasteiger partial charge on any atom is -0.335 e. The lowest BCUT2D eigenvalue weighted by atomic mass is 10.2. The van der Waals surface area contributed by atoms with Crippen LogP contribution in [0.15, 0.2) is 41.8 Å². The Balaban J connectivity index is 1.46. The van der Waals surface area contributed by atoms with Crippen molar-refractivity contribution in [1.82, 2.24) is 14.4 Å². The first kappa shape index (κ1) is 22.7. The van der Waals surface area contributed by atoms with Crippen molar-refractivity contribution in [3.05, 3.63) is 69.3 Å². The predicted molar refractivity (Wildman–Crippen MR) is 125 cm³/mol. The quantitative estimate of drug-likeness (QED) is 0.625. The summed E-state index contributed by atoms with van der Waals surface area (Å²) in [6, 6.07) is 11.9. The zero-order chi connectivity index (χ0) is 23.5. The number of rotatable bonds is 5. The van der Waals surface area contributed by atoms with Crippen LogP contribution in [0.2, 0.25) is 0 Å². The molecule has 0 saturated carbocycles. The van der Waals surface area contributed by atoms with Crippen LogP contribution in [-0.2, 0) is 4.79 Å². The lowest BCUT2D eigenvalue weighted by Crippen LogP contribution is -2.50. The van der Waals surface area contributed by atoms with Crippen molar-refractivity contribution in [2.24, 2.45) is 0 Å². The molecule has 1 aromatic carbocycles. The molecule has 170 valence electrons. The van der Waals surface area contributed by atoms with Gasteiger partial charge >= 0.3 is 0 Å². The van der Waals surface area contributed by atoms with E-state index in [1.165, 1.54) is 23.5 Å². The molecule has 0 unspecified atom stereocenters. The van der Waals surface area contributed by atoms with Gasteiger partial charge < -0.3 is 10.2 Å².